The van der Waals surface area contributed by atoms with Gasteiger partial charge in [-0.2, -0.15) is 4.31 Å². The Bertz CT molecular complexity index is 1050. The van der Waals surface area contributed by atoms with E-state index in [0.717, 1.165) is 38.0 Å². The number of amides is 1. The molecule has 2 aliphatic rings. The molecule has 1 amide bonds. The molecule has 0 bridgehead atoms. The summed E-state index contributed by atoms with van der Waals surface area (Å²) in [6.45, 7) is 3.91. The number of halogens is 1. The average molecular weight is 490 g/mol. The van der Waals surface area contributed by atoms with Crippen molar-refractivity contribution in [2.75, 3.05) is 39.0 Å². The van der Waals surface area contributed by atoms with Gasteiger partial charge in [0.2, 0.25) is 15.9 Å². The Morgan fingerprint density at radius 2 is 1.70 bits per heavy atom. The summed E-state index contributed by atoms with van der Waals surface area (Å²) in [5.41, 5.74) is 2.20. The van der Waals surface area contributed by atoms with E-state index in [1.54, 1.807) is 16.4 Å². The normalized spacial score (nSPS) is 23.3. The van der Waals surface area contributed by atoms with E-state index in [4.69, 9.17) is 11.6 Å². The summed E-state index contributed by atoms with van der Waals surface area (Å²) < 4.78 is 26.8. The molecule has 33 heavy (non-hydrogen) atoms. The molecule has 0 aliphatic carbocycles. The predicted octanol–water partition coefficient (Wildman–Crippen LogP) is 3.79. The lowest BCUT2D eigenvalue weighted by Crippen LogP contribution is -2.46. The Morgan fingerprint density at radius 1 is 0.970 bits per heavy atom. The number of carbonyl (C=O) groups is 1. The van der Waals surface area contributed by atoms with Gasteiger partial charge in [-0.3, -0.25) is 9.69 Å². The first-order valence-corrected chi connectivity index (χ1v) is 13.8. The van der Waals surface area contributed by atoms with Crippen LogP contribution in [-0.4, -0.2) is 67.4 Å². The fourth-order valence-corrected chi connectivity index (χ4v) is 6.25. The first-order valence-electron chi connectivity index (χ1n) is 11.6. The van der Waals surface area contributed by atoms with E-state index < -0.39 is 10.0 Å². The zero-order valence-electron chi connectivity index (χ0n) is 19.1. The maximum absolute atomic E-state index is 13.3. The van der Waals surface area contributed by atoms with Gasteiger partial charge in [-0.25, -0.2) is 8.42 Å². The van der Waals surface area contributed by atoms with Gasteiger partial charge in [0, 0.05) is 43.8 Å². The van der Waals surface area contributed by atoms with Gasteiger partial charge >= 0.3 is 0 Å². The molecule has 2 aromatic rings. The summed E-state index contributed by atoms with van der Waals surface area (Å²) in [6.07, 6.45) is 3.53. The van der Waals surface area contributed by atoms with Crippen molar-refractivity contribution in [1.29, 1.82) is 0 Å². The summed E-state index contributed by atoms with van der Waals surface area (Å²) in [4.78, 5) is 17.5. The van der Waals surface area contributed by atoms with Crippen LogP contribution in [0.4, 0.5) is 0 Å². The Hall–Kier alpha value is -1.93. The van der Waals surface area contributed by atoms with Crippen LogP contribution in [0.3, 0.4) is 0 Å². The van der Waals surface area contributed by atoms with E-state index in [0.29, 0.717) is 31.1 Å². The van der Waals surface area contributed by atoms with Crippen LogP contribution in [0, 0.1) is 5.92 Å². The minimum atomic E-state index is -3.43. The first kappa shape index (κ1) is 24.2. The Kier molecular flexibility index (Phi) is 7.74. The number of hydrogen-bond donors (Lipinski definition) is 0. The molecule has 178 valence electrons. The molecule has 6 nitrogen and oxygen atoms in total. The third-order valence-corrected chi connectivity index (χ3v) is 8.25. The predicted molar refractivity (Wildman–Crippen MR) is 131 cm³/mol. The molecular formula is C25H32ClN3O3S. The maximum Gasteiger partial charge on any atom is 0.227 e. The molecule has 0 aromatic heterocycles. The number of sulfonamides is 1. The Morgan fingerprint density at radius 3 is 2.39 bits per heavy atom. The molecule has 0 spiro atoms. The van der Waals surface area contributed by atoms with Crippen molar-refractivity contribution in [3.05, 3.63) is 70.7 Å². The van der Waals surface area contributed by atoms with Crippen LogP contribution in [0.15, 0.2) is 54.6 Å². The molecule has 2 fully saturated rings. The highest BCUT2D eigenvalue weighted by atomic mass is 35.5. The van der Waals surface area contributed by atoms with Gasteiger partial charge < -0.3 is 4.90 Å². The number of carbonyl (C=O) groups excluding carboxylic acids is 1. The smallest absolute Gasteiger partial charge is 0.227 e. The molecule has 0 saturated carbocycles. The second-order valence-corrected chi connectivity index (χ2v) is 11.5. The van der Waals surface area contributed by atoms with E-state index in [1.807, 2.05) is 35.2 Å². The Labute approximate surface area is 202 Å². The van der Waals surface area contributed by atoms with E-state index in [1.165, 1.54) is 11.8 Å². The van der Waals surface area contributed by atoms with Crippen molar-refractivity contribution in [1.82, 2.24) is 14.1 Å². The number of likely N-dealkylation sites (tertiary alicyclic amines) is 1. The standard InChI is InChI=1S/C25H32ClN3O3S/c1-33(31,32)29-17-16-28(14-5-8-24(29)21-9-11-23(26)12-10-21)25(30)22-13-15-27(19-22)18-20-6-3-2-4-7-20/h2-4,6-7,9-12,22,24H,5,8,13-19H2,1H3. The van der Waals surface area contributed by atoms with Crippen LogP contribution in [0.1, 0.15) is 36.4 Å². The van der Waals surface area contributed by atoms with Gasteiger partial charge in [-0.05, 0) is 49.1 Å². The summed E-state index contributed by atoms with van der Waals surface area (Å²) in [5, 5.41) is 0.630. The van der Waals surface area contributed by atoms with E-state index in [9.17, 15) is 13.2 Å². The lowest BCUT2D eigenvalue weighted by molar-refractivity contribution is -0.135. The van der Waals surface area contributed by atoms with Crippen LogP contribution >= 0.6 is 11.6 Å². The van der Waals surface area contributed by atoms with Crippen LogP contribution in [0.25, 0.3) is 0 Å². The van der Waals surface area contributed by atoms with Gasteiger partial charge in [0.25, 0.3) is 0 Å². The molecule has 8 heteroatoms. The van der Waals surface area contributed by atoms with Crippen LogP contribution in [-0.2, 0) is 21.4 Å². The highest BCUT2D eigenvalue weighted by molar-refractivity contribution is 7.88. The molecule has 2 unspecified atom stereocenters. The molecule has 2 atom stereocenters. The van der Waals surface area contributed by atoms with Crippen molar-refractivity contribution >= 4 is 27.5 Å². The quantitative estimate of drug-likeness (QED) is 0.641. The molecule has 0 radical (unpaired) electrons. The van der Waals surface area contributed by atoms with E-state index in [-0.39, 0.29) is 17.9 Å². The maximum atomic E-state index is 13.3. The summed E-state index contributed by atoms with van der Waals surface area (Å²) in [6, 6.07) is 17.5. The van der Waals surface area contributed by atoms with Gasteiger partial charge in [-0.15, -0.1) is 0 Å². The average Bonchev–Trinajstić information content (AvgIpc) is 3.22. The topological polar surface area (TPSA) is 60.9 Å². The summed E-state index contributed by atoms with van der Waals surface area (Å²) in [7, 11) is -3.43. The third-order valence-electron chi connectivity index (χ3n) is 6.71. The molecule has 2 heterocycles. The lowest BCUT2D eigenvalue weighted by atomic mass is 10.00. The zero-order chi connectivity index (χ0) is 23.4. The Balaban J connectivity index is 1.40. The van der Waals surface area contributed by atoms with Gasteiger partial charge in [0.05, 0.1) is 12.2 Å². The SMILES string of the molecule is CS(=O)(=O)N1CCN(C(=O)C2CCN(Cc3ccccc3)C2)CCCC1c1ccc(Cl)cc1. The van der Waals surface area contributed by atoms with Crippen LogP contribution in [0.5, 0.6) is 0 Å². The highest BCUT2D eigenvalue weighted by Crippen LogP contribution is 2.31. The monoisotopic (exact) mass is 489 g/mol. The molecule has 4 rings (SSSR count). The number of rotatable bonds is 5. The van der Waals surface area contributed by atoms with E-state index >= 15 is 0 Å². The second kappa shape index (κ2) is 10.6. The minimum absolute atomic E-state index is 0.0214. The fourth-order valence-electron chi connectivity index (χ4n) is 5.02. The summed E-state index contributed by atoms with van der Waals surface area (Å²) in [5.74, 6) is 0.135. The van der Waals surface area contributed by atoms with Crippen molar-refractivity contribution in [2.24, 2.45) is 5.92 Å². The van der Waals surface area contributed by atoms with Gasteiger partial charge in [0.1, 0.15) is 0 Å². The summed E-state index contributed by atoms with van der Waals surface area (Å²) >= 11 is 6.03. The number of hydrogen-bond acceptors (Lipinski definition) is 4. The zero-order valence-corrected chi connectivity index (χ0v) is 20.6. The van der Waals surface area contributed by atoms with E-state index in [2.05, 4.69) is 17.0 Å². The van der Waals surface area contributed by atoms with Crippen LogP contribution < -0.4 is 0 Å². The van der Waals surface area contributed by atoms with Crippen LogP contribution in [0.2, 0.25) is 5.02 Å². The lowest BCUT2D eigenvalue weighted by Gasteiger charge is -2.36. The third kappa shape index (κ3) is 6.15. The molecule has 2 aliphatic heterocycles. The van der Waals surface area contributed by atoms with Crippen molar-refractivity contribution in [2.45, 2.75) is 31.8 Å². The van der Waals surface area contributed by atoms with Crippen molar-refractivity contribution < 1.29 is 13.2 Å². The minimum Gasteiger partial charge on any atom is -0.341 e. The molecule has 2 aromatic carbocycles. The first-order chi connectivity index (χ1) is 15.8. The number of nitrogens with zero attached hydrogens (tertiary/aromatic N) is 3. The van der Waals surface area contributed by atoms with Gasteiger partial charge in [-0.1, -0.05) is 54.1 Å². The number of benzene rings is 2. The van der Waals surface area contributed by atoms with Gasteiger partial charge in [0.15, 0.2) is 0 Å². The fraction of sp³-hybridized carbons (Fsp3) is 0.480. The molecule has 0 N–H and O–H groups in total. The second-order valence-electron chi connectivity index (χ2n) is 9.11. The van der Waals surface area contributed by atoms with Crippen molar-refractivity contribution in [3.8, 4) is 0 Å². The highest BCUT2D eigenvalue weighted by Gasteiger charge is 2.35. The molecular weight excluding hydrogens is 458 g/mol. The molecule has 2 saturated heterocycles. The van der Waals surface area contributed by atoms with Crippen molar-refractivity contribution in [3.63, 3.8) is 0 Å². The largest absolute Gasteiger partial charge is 0.341 e.